The number of hydrogen-bond donors (Lipinski definition) is 2. The number of carbonyl (C=O) groups excluding carboxylic acids is 2. The van der Waals surface area contributed by atoms with Crippen LogP contribution in [0.3, 0.4) is 0 Å². The zero-order valence-corrected chi connectivity index (χ0v) is 10.4. The van der Waals surface area contributed by atoms with E-state index in [0.29, 0.717) is 0 Å². The molecule has 15 heavy (non-hydrogen) atoms. The zero-order chi connectivity index (χ0) is 11.1. The fourth-order valence-electron chi connectivity index (χ4n) is 1.19. The molecule has 6 nitrogen and oxygen atoms in total. The Balaban J connectivity index is 0. The third-order valence-corrected chi connectivity index (χ3v) is 2.04. The standard InChI is InChI=1S/C6H14N2.C2H2O4.Pt/c7-5-3-1-2-4-6(5)8;3-1(4)2(5)6;/h5-6H,1-4,7-8H2;(H,3,4)(H,5,6);/q;;+4/p-2. The molecular formula is C8H14N2O4Pt+2. The first kappa shape index (κ1) is 17.0. The van der Waals surface area contributed by atoms with E-state index in [1.54, 1.807) is 0 Å². The fraction of sp³-hybridized carbons (Fsp3) is 0.750. The quantitative estimate of drug-likeness (QED) is 0.412. The van der Waals surface area contributed by atoms with Gasteiger partial charge in [0.15, 0.2) is 0 Å². The predicted molar refractivity (Wildman–Crippen MR) is 44.4 cm³/mol. The molecule has 0 bridgehead atoms. The SMILES string of the molecule is NC1CCCCC1N.O=C([O-])C(=O)[O-].[Pt+4]. The van der Waals surface area contributed by atoms with Gasteiger partial charge in [0, 0.05) is 12.1 Å². The van der Waals surface area contributed by atoms with E-state index in [1.165, 1.54) is 12.8 Å². The first-order valence-corrected chi connectivity index (χ1v) is 4.38. The topological polar surface area (TPSA) is 132 Å². The van der Waals surface area contributed by atoms with Crippen LogP contribution >= 0.6 is 0 Å². The molecule has 0 amide bonds. The van der Waals surface area contributed by atoms with Crippen LogP contribution in [-0.2, 0) is 30.7 Å². The molecule has 2 unspecified atom stereocenters. The summed E-state index contributed by atoms with van der Waals surface area (Å²) in [6.07, 6.45) is 4.80. The molecule has 7 heteroatoms. The van der Waals surface area contributed by atoms with Gasteiger partial charge in [0.2, 0.25) is 0 Å². The summed E-state index contributed by atoms with van der Waals surface area (Å²) in [5.41, 5.74) is 11.3. The molecule has 0 heterocycles. The summed E-state index contributed by atoms with van der Waals surface area (Å²) in [6, 6.07) is 0.562. The van der Waals surface area contributed by atoms with Gasteiger partial charge < -0.3 is 31.3 Å². The normalized spacial score (nSPS) is 24.1. The van der Waals surface area contributed by atoms with Crippen molar-refractivity contribution in [2.24, 2.45) is 11.5 Å². The predicted octanol–water partition coefficient (Wildman–Crippen LogP) is -3.30. The molecule has 0 radical (unpaired) electrons. The van der Waals surface area contributed by atoms with Crippen LogP contribution in [0, 0.1) is 0 Å². The van der Waals surface area contributed by atoms with Gasteiger partial charge in [-0.3, -0.25) is 0 Å². The van der Waals surface area contributed by atoms with Gasteiger partial charge in [-0.05, 0) is 12.8 Å². The molecule has 1 aliphatic rings. The Morgan fingerprint density at radius 2 is 1.20 bits per heavy atom. The summed E-state index contributed by atoms with van der Waals surface area (Å²) in [6.45, 7) is 0. The minimum absolute atomic E-state index is 0. The summed E-state index contributed by atoms with van der Waals surface area (Å²) < 4.78 is 0. The molecule has 1 rings (SSSR count). The second-order valence-electron chi connectivity index (χ2n) is 3.19. The van der Waals surface area contributed by atoms with Crippen molar-refractivity contribution in [3.63, 3.8) is 0 Å². The third-order valence-electron chi connectivity index (χ3n) is 2.04. The second kappa shape index (κ2) is 8.82. The molecule has 0 aliphatic heterocycles. The van der Waals surface area contributed by atoms with E-state index in [2.05, 4.69) is 0 Å². The van der Waals surface area contributed by atoms with Gasteiger partial charge in [-0.25, -0.2) is 0 Å². The van der Waals surface area contributed by atoms with Gasteiger partial charge in [0.05, 0.1) is 11.9 Å². The van der Waals surface area contributed by atoms with Crippen molar-refractivity contribution in [1.29, 1.82) is 0 Å². The molecular weight excluding hydrogens is 383 g/mol. The monoisotopic (exact) mass is 397 g/mol. The zero-order valence-electron chi connectivity index (χ0n) is 8.09. The molecule has 4 N–H and O–H groups in total. The summed E-state index contributed by atoms with van der Waals surface area (Å²) in [4.78, 5) is 17.9. The van der Waals surface area contributed by atoms with Gasteiger partial charge in [-0.15, -0.1) is 0 Å². The van der Waals surface area contributed by atoms with Crippen molar-refractivity contribution in [2.45, 2.75) is 37.8 Å². The number of carboxylic acids is 2. The first-order valence-electron chi connectivity index (χ1n) is 4.38. The molecule has 0 saturated heterocycles. The maximum Gasteiger partial charge on any atom is 4.00 e. The van der Waals surface area contributed by atoms with Crippen LogP contribution in [0.4, 0.5) is 0 Å². The van der Waals surface area contributed by atoms with Crippen molar-refractivity contribution < 1.29 is 40.9 Å². The van der Waals surface area contributed by atoms with Crippen LogP contribution in [0.1, 0.15) is 25.7 Å². The fourth-order valence-corrected chi connectivity index (χ4v) is 1.19. The molecule has 1 fully saturated rings. The number of aliphatic carboxylic acids is 2. The van der Waals surface area contributed by atoms with E-state index in [4.69, 9.17) is 31.3 Å². The Morgan fingerprint density at radius 3 is 1.33 bits per heavy atom. The molecule has 88 valence electrons. The van der Waals surface area contributed by atoms with Gasteiger partial charge >= 0.3 is 21.1 Å². The summed E-state index contributed by atoms with van der Waals surface area (Å²) in [5, 5.41) is 17.9. The largest absolute Gasteiger partial charge is 4.00 e. The Hall–Kier alpha value is -0.452. The number of carboxylic acid groups (broad SMARTS) is 2. The minimum Gasteiger partial charge on any atom is -0.543 e. The molecule has 0 aromatic heterocycles. The smallest absolute Gasteiger partial charge is 0.543 e. The van der Waals surface area contributed by atoms with Crippen LogP contribution in [0.2, 0.25) is 0 Å². The maximum atomic E-state index is 8.93. The van der Waals surface area contributed by atoms with Gasteiger partial charge in [0.25, 0.3) is 0 Å². The second-order valence-corrected chi connectivity index (χ2v) is 3.19. The minimum atomic E-state index is -2.19. The average Bonchev–Trinajstić information content (AvgIpc) is 2.11. The van der Waals surface area contributed by atoms with E-state index in [-0.39, 0.29) is 33.1 Å². The van der Waals surface area contributed by atoms with Gasteiger partial charge in [-0.2, -0.15) is 0 Å². The van der Waals surface area contributed by atoms with Gasteiger partial charge in [0.1, 0.15) is 0 Å². The first-order chi connectivity index (χ1) is 6.45. The maximum absolute atomic E-state index is 8.93. The molecule has 1 aliphatic carbocycles. The van der Waals surface area contributed by atoms with Crippen LogP contribution in [0.5, 0.6) is 0 Å². The van der Waals surface area contributed by atoms with Crippen LogP contribution in [0.25, 0.3) is 0 Å². The Labute approximate surface area is 102 Å². The van der Waals surface area contributed by atoms with Crippen LogP contribution in [-0.4, -0.2) is 24.0 Å². The molecule has 0 aromatic carbocycles. The van der Waals surface area contributed by atoms with E-state index >= 15 is 0 Å². The van der Waals surface area contributed by atoms with Crippen molar-refractivity contribution in [1.82, 2.24) is 0 Å². The van der Waals surface area contributed by atoms with Crippen molar-refractivity contribution >= 4 is 11.9 Å². The number of rotatable bonds is 0. The van der Waals surface area contributed by atoms with Crippen LogP contribution < -0.4 is 21.7 Å². The summed E-state index contributed by atoms with van der Waals surface area (Å²) >= 11 is 0. The van der Waals surface area contributed by atoms with Crippen molar-refractivity contribution in [3.05, 3.63) is 0 Å². The number of nitrogens with two attached hydrogens (primary N) is 2. The van der Waals surface area contributed by atoms with Crippen molar-refractivity contribution in [3.8, 4) is 0 Å². The van der Waals surface area contributed by atoms with E-state index in [0.717, 1.165) is 12.8 Å². The summed E-state index contributed by atoms with van der Waals surface area (Å²) in [5.74, 6) is -4.37. The Morgan fingerprint density at radius 1 is 0.933 bits per heavy atom. The molecule has 1 saturated carbocycles. The van der Waals surface area contributed by atoms with E-state index < -0.39 is 11.9 Å². The third kappa shape index (κ3) is 8.54. The van der Waals surface area contributed by atoms with Crippen molar-refractivity contribution in [2.75, 3.05) is 0 Å². The molecule has 0 spiro atoms. The molecule has 0 aromatic rings. The average molecular weight is 397 g/mol. The molecule has 2 atom stereocenters. The van der Waals surface area contributed by atoms with E-state index in [9.17, 15) is 0 Å². The Kier molecular flexibility index (Phi) is 9.98. The van der Waals surface area contributed by atoms with Gasteiger partial charge in [-0.1, -0.05) is 12.8 Å². The number of carbonyl (C=O) groups is 2. The summed E-state index contributed by atoms with van der Waals surface area (Å²) in [7, 11) is 0. The van der Waals surface area contributed by atoms with E-state index in [1.807, 2.05) is 0 Å². The number of hydrogen-bond acceptors (Lipinski definition) is 6. The van der Waals surface area contributed by atoms with Crippen LogP contribution in [0.15, 0.2) is 0 Å². The Bertz CT molecular complexity index is 191.